The van der Waals surface area contributed by atoms with Crippen LogP contribution in [-0.2, 0) is 0 Å². The molecule has 0 aliphatic carbocycles. The summed E-state index contributed by atoms with van der Waals surface area (Å²) in [7, 11) is 1.62. The Kier molecular flexibility index (Phi) is 3.80. The lowest BCUT2D eigenvalue weighted by atomic mass is 10.1. The average Bonchev–Trinajstić information content (AvgIpc) is 2.15. The van der Waals surface area contributed by atoms with Gasteiger partial charge in [0, 0.05) is 12.1 Å². The van der Waals surface area contributed by atoms with E-state index < -0.39 is 22.8 Å². The van der Waals surface area contributed by atoms with E-state index in [2.05, 4.69) is 5.32 Å². The number of hydrogen-bond acceptors (Lipinski definition) is 2. The first-order valence-corrected chi connectivity index (χ1v) is 4.41. The van der Waals surface area contributed by atoms with Crippen molar-refractivity contribution in [1.29, 1.82) is 0 Å². The number of benzene rings is 1. The van der Waals surface area contributed by atoms with E-state index in [1.54, 1.807) is 7.05 Å². The van der Waals surface area contributed by atoms with E-state index in [0.717, 1.165) is 6.07 Å². The second kappa shape index (κ2) is 4.68. The van der Waals surface area contributed by atoms with Gasteiger partial charge in [-0.05, 0) is 13.1 Å². The molecule has 78 valence electrons. The van der Waals surface area contributed by atoms with Gasteiger partial charge in [-0.2, -0.15) is 0 Å². The van der Waals surface area contributed by atoms with Crippen LogP contribution in [0.15, 0.2) is 12.1 Å². The van der Waals surface area contributed by atoms with Gasteiger partial charge in [-0.3, -0.25) is 0 Å². The molecule has 0 aliphatic heterocycles. The molecule has 1 aromatic carbocycles. The highest BCUT2D eigenvalue weighted by molar-refractivity contribution is 6.30. The van der Waals surface area contributed by atoms with Crippen molar-refractivity contribution in [3.8, 4) is 0 Å². The number of likely N-dealkylation sites (N-methyl/N-ethyl adjacent to an activating group) is 1. The second-order valence-corrected chi connectivity index (χ2v) is 3.22. The molecule has 0 radical (unpaired) electrons. The van der Waals surface area contributed by atoms with Crippen molar-refractivity contribution in [2.45, 2.75) is 6.10 Å². The first-order valence-electron chi connectivity index (χ1n) is 4.04. The van der Waals surface area contributed by atoms with E-state index in [1.807, 2.05) is 0 Å². The van der Waals surface area contributed by atoms with Gasteiger partial charge in [-0.25, -0.2) is 8.78 Å². The van der Waals surface area contributed by atoms with Gasteiger partial charge in [0.1, 0.15) is 10.8 Å². The monoisotopic (exact) mass is 221 g/mol. The Balaban J connectivity index is 3.04. The molecule has 0 fully saturated rings. The highest BCUT2D eigenvalue weighted by atomic mass is 35.5. The number of rotatable bonds is 3. The normalized spacial score (nSPS) is 12.9. The summed E-state index contributed by atoms with van der Waals surface area (Å²) in [6.45, 7) is 0.179. The Morgan fingerprint density at radius 3 is 2.71 bits per heavy atom. The molecular weight excluding hydrogens is 212 g/mol. The standard InChI is InChI=1S/C9H10ClF2NO/c1-13-4-7(14)5-2-3-6(11)8(10)9(5)12/h2-3,7,13-14H,4H2,1H3. The predicted octanol–water partition coefficient (Wildman–Crippen LogP) is 1.87. The Hall–Kier alpha value is -0.710. The lowest BCUT2D eigenvalue weighted by Gasteiger charge is -2.11. The summed E-state index contributed by atoms with van der Waals surface area (Å²) in [6, 6.07) is 2.21. The zero-order chi connectivity index (χ0) is 10.7. The van der Waals surface area contributed by atoms with Crippen molar-refractivity contribution in [3.05, 3.63) is 34.4 Å². The van der Waals surface area contributed by atoms with Crippen LogP contribution < -0.4 is 5.32 Å². The van der Waals surface area contributed by atoms with E-state index >= 15 is 0 Å². The molecule has 1 rings (SSSR count). The van der Waals surface area contributed by atoms with Crippen LogP contribution in [0.5, 0.6) is 0 Å². The van der Waals surface area contributed by atoms with Gasteiger partial charge >= 0.3 is 0 Å². The van der Waals surface area contributed by atoms with Crippen molar-refractivity contribution in [3.63, 3.8) is 0 Å². The van der Waals surface area contributed by atoms with Crippen LogP contribution in [0.1, 0.15) is 11.7 Å². The highest BCUT2D eigenvalue weighted by Crippen LogP contribution is 2.25. The molecule has 2 nitrogen and oxygen atoms in total. The fourth-order valence-corrected chi connectivity index (χ4v) is 1.27. The SMILES string of the molecule is CNCC(O)c1ccc(F)c(Cl)c1F. The minimum Gasteiger partial charge on any atom is -0.387 e. The minimum absolute atomic E-state index is 0.00856. The Morgan fingerprint density at radius 1 is 1.50 bits per heavy atom. The molecule has 0 amide bonds. The van der Waals surface area contributed by atoms with Gasteiger partial charge in [-0.15, -0.1) is 0 Å². The van der Waals surface area contributed by atoms with Crippen LogP contribution >= 0.6 is 11.6 Å². The minimum atomic E-state index is -1.03. The molecule has 0 bridgehead atoms. The van der Waals surface area contributed by atoms with Crippen molar-refractivity contribution in [1.82, 2.24) is 5.32 Å². The molecule has 0 spiro atoms. The van der Waals surface area contributed by atoms with E-state index in [1.165, 1.54) is 6.07 Å². The zero-order valence-corrected chi connectivity index (χ0v) is 8.28. The summed E-state index contributed by atoms with van der Waals surface area (Å²) in [5, 5.41) is 11.5. The first-order chi connectivity index (χ1) is 6.57. The highest BCUT2D eigenvalue weighted by Gasteiger charge is 2.16. The quantitative estimate of drug-likeness (QED) is 0.764. The molecule has 0 heterocycles. The molecule has 0 saturated heterocycles. The van der Waals surface area contributed by atoms with Crippen molar-refractivity contribution in [2.24, 2.45) is 0 Å². The van der Waals surface area contributed by atoms with Gasteiger partial charge < -0.3 is 10.4 Å². The van der Waals surface area contributed by atoms with Gasteiger partial charge in [0.25, 0.3) is 0 Å². The summed E-state index contributed by atoms with van der Waals surface area (Å²) in [5.41, 5.74) is -0.00856. The fourth-order valence-electron chi connectivity index (χ4n) is 1.10. The Labute approximate surface area is 85.5 Å². The van der Waals surface area contributed by atoms with Gasteiger partial charge in [0.15, 0.2) is 5.82 Å². The molecule has 0 aliphatic rings. The largest absolute Gasteiger partial charge is 0.387 e. The third kappa shape index (κ3) is 2.20. The summed E-state index contributed by atoms with van der Waals surface area (Å²) in [4.78, 5) is 0. The number of halogens is 3. The molecule has 1 aromatic rings. The molecular formula is C9H10ClF2NO. The number of nitrogens with one attached hydrogen (secondary N) is 1. The summed E-state index contributed by atoms with van der Waals surface area (Å²) >= 11 is 5.35. The molecule has 0 saturated carbocycles. The fraction of sp³-hybridized carbons (Fsp3) is 0.333. The second-order valence-electron chi connectivity index (χ2n) is 2.84. The lowest BCUT2D eigenvalue weighted by Crippen LogP contribution is -2.17. The van der Waals surface area contributed by atoms with Crippen molar-refractivity contribution in [2.75, 3.05) is 13.6 Å². The number of aliphatic hydroxyl groups excluding tert-OH is 1. The summed E-state index contributed by atoms with van der Waals surface area (Å²) < 4.78 is 26.0. The zero-order valence-electron chi connectivity index (χ0n) is 7.52. The van der Waals surface area contributed by atoms with E-state index in [0.29, 0.717) is 0 Å². The van der Waals surface area contributed by atoms with Crippen LogP contribution in [0.4, 0.5) is 8.78 Å². The molecule has 14 heavy (non-hydrogen) atoms. The Morgan fingerprint density at radius 2 is 2.14 bits per heavy atom. The van der Waals surface area contributed by atoms with Crippen LogP contribution in [-0.4, -0.2) is 18.7 Å². The van der Waals surface area contributed by atoms with E-state index in [9.17, 15) is 13.9 Å². The molecule has 5 heteroatoms. The lowest BCUT2D eigenvalue weighted by molar-refractivity contribution is 0.173. The van der Waals surface area contributed by atoms with Gasteiger partial charge in [0.2, 0.25) is 0 Å². The maximum atomic E-state index is 13.3. The van der Waals surface area contributed by atoms with Crippen molar-refractivity contribution >= 4 is 11.6 Å². The third-order valence-corrected chi connectivity index (χ3v) is 2.17. The molecule has 0 aromatic heterocycles. The predicted molar refractivity (Wildman–Crippen MR) is 50.3 cm³/mol. The van der Waals surface area contributed by atoms with E-state index in [4.69, 9.17) is 11.6 Å². The number of hydrogen-bond donors (Lipinski definition) is 2. The maximum Gasteiger partial charge on any atom is 0.150 e. The van der Waals surface area contributed by atoms with Crippen LogP contribution in [0, 0.1) is 11.6 Å². The summed E-state index contributed by atoms with van der Waals surface area (Å²) in [5.74, 6) is -1.74. The molecule has 2 N–H and O–H groups in total. The molecule has 1 atom stereocenters. The van der Waals surface area contributed by atoms with Gasteiger partial charge in [-0.1, -0.05) is 17.7 Å². The molecule has 1 unspecified atom stereocenters. The van der Waals surface area contributed by atoms with E-state index in [-0.39, 0.29) is 12.1 Å². The summed E-state index contributed by atoms with van der Waals surface area (Å²) in [6.07, 6.45) is -1.03. The average molecular weight is 222 g/mol. The van der Waals surface area contributed by atoms with Crippen LogP contribution in [0.25, 0.3) is 0 Å². The van der Waals surface area contributed by atoms with Gasteiger partial charge in [0.05, 0.1) is 6.10 Å². The third-order valence-electron chi connectivity index (χ3n) is 1.82. The Bertz CT molecular complexity index is 333. The van der Waals surface area contributed by atoms with Crippen LogP contribution in [0.2, 0.25) is 5.02 Å². The first kappa shape index (κ1) is 11.4. The van der Waals surface area contributed by atoms with Crippen LogP contribution in [0.3, 0.4) is 0 Å². The smallest absolute Gasteiger partial charge is 0.150 e. The van der Waals surface area contributed by atoms with Crippen molar-refractivity contribution < 1.29 is 13.9 Å². The maximum absolute atomic E-state index is 13.3. The topological polar surface area (TPSA) is 32.3 Å². The number of aliphatic hydroxyl groups is 1.